The number of hydrogen-bond donors (Lipinski definition) is 1. The Kier molecular flexibility index (Phi) is 7.13. The van der Waals surface area contributed by atoms with Crippen molar-refractivity contribution in [3.05, 3.63) is 52.7 Å². The van der Waals surface area contributed by atoms with Crippen LogP contribution in [0.15, 0.2) is 36.5 Å². The van der Waals surface area contributed by atoms with E-state index in [0.717, 1.165) is 12.1 Å². The van der Waals surface area contributed by atoms with Gasteiger partial charge in [0.15, 0.2) is 19.0 Å². The lowest BCUT2D eigenvalue weighted by Crippen LogP contribution is -2.24. The number of pyridine rings is 1. The van der Waals surface area contributed by atoms with Crippen LogP contribution in [-0.4, -0.2) is 30.1 Å². The molecule has 1 heterocycles. The Morgan fingerprint density at radius 2 is 1.67 bits per heavy atom. The number of nitrogens with zero attached hydrogens (tertiary/aromatic N) is 1. The number of alkyl halides is 6. The number of aromatic nitrogens is 1. The van der Waals surface area contributed by atoms with Crippen molar-refractivity contribution < 1.29 is 45.4 Å². The Balaban J connectivity index is 1.83. The van der Waals surface area contributed by atoms with Crippen LogP contribution in [0.25, 0.3) is 0 Å². The van der Waals surface area contributed by atoms with Gasteiger partial charge in [0, 0.05) is 6.20 Å². The van der Waals surface area contributed by atoms with Gasteiger partial charge < -0.3 is 14.8 Å². The van der Waals surface area contributed by atoms with Crippen molar-refractivity contribution in [2.45, 2.75) is 12.4 Å². The third-order valence-electron chi connectivity index (χ3n) is 3.31. The fourth-order valence-electron chi connectivity index (χ4n) is 1.95. The first-order valence-electron chi connectivity index (χ1n) is 7.84. The average molecular weight is 457 g/mol. The smallest absolute Gasteiger partial charge is 0.417 e. The predicted molar refractivity (Wildman–Crippen MR) is 90.8 cm³/mol. The highest BCUT2D eigenvalue weighted by Crippen LogP contribution is 2.32. The molecule has 0 fully saturated rings. The van der Waals surface area contributed by atoms with Gasteiger partial charge in [-0.05, 0) is 24.3 Å². The molecule has 0 spiro atoms. The van der Waals surface area contributed by atoms with E-state index in [1.807, 2.05) is 5.32 Å². The molecule has 0 radical (unpaired) electrons. The van der Waals surface area contributed by atoms with Crippen LogP contribution < -0.4 is 10.1 Å². The normalized spacial score (nSPS) is 11.7. The second-order valence-electron chi connectivity index (χ2n) is 5.58. The molecule has 0 saturated carbocycles. The summed E-state index contributed by atoms with van der Waals surface area (Å²) >= 11 is 5.62. The number of carbonyl (C=O) groups excluding carboxylic acids is 2. The maximum Gasteiger partial charge on any atom is 0.417 e. The van der Waals surface area contributed by atoms with Crippen LogP contribution in [0, 0.1) is 0 Å². The molecule has 1 N–H and O–H groups in total. The van der Waals surface area contributed by atoms with E-state index in [4.69, 9.17) is 16.3 Å². The number of anilines is 1. The molecular formula is C17H11ClF6N2O4. The molecule has 1 amide bonds. The molecular weight excluding hydrogens is 446 g/mol. The Morgan fingerprint density at radius 3 is 2.27 bits per heavy atom. The standard InChI is InChI=1S/C17H11ClF6N2O4/c18-12-5-10(17(22,23)24)6-25-15(12)26-13(27)7-30-14(28)8-29-11-3-1-2-9(4-11)16(19,20)21/h1-6H,7-8H2,(H,25,26,27). The molecule has 1 aromatic heterocycles. The molecule has 1 aromatic carbocycles. The van der Waals surface area contributed by atoms with E-state index < -0.39 is 53.6 Å². The third kappa shape index (κ3) is 6.79. The molecule has 0 bridgehead atoms. The van der Waals surface area contributed by atoms with Crippen molar-refractivity contribution >= 4 is 29.3 Å². The molecule has 0 saturated heterocycles. The lowest BCUT2D eigenvalue weighted by Gasteiger charge is -2.11. The minimum absolute atomic E-state index is 0.244. The summed E-state index contributed by atoms with van der Waals surface area (Å²) in [4.78, 5) is 26.6. The topological polar surface area (TPSA) is 77.5 Å². The summed E-state index contributed by atoms with van der Waals surface area (Å²) in [6, 6.07) is 4.32. The highest BCUT2D eigenvalue weighted by molar-refractivity contribution is 6.33. The Morgan fingerprint density at radius 1 is 1.00 bits per heavy atom. The lowest BCUT2D eigenvalue weighted by molar-refractivity contribution is -0.149. The highest BCUT2D eigenvalue weighted by Gasteiger charge is 2.32. The van der Waals surface area contributed by atoms with Gasteiger partial charge in [0.05, 0.1) is 16.1 Å². The third-order valence-corrected chi connectivity index (χ3v) is 3.60. The molecule has 0 aliphatic heterocycles. The number of benzene rings is 1. The molecule has 30 heavy (non-hydrogen) atoms. The lowest BCUT2D eigenvalue weighted by atomic mass is 10.2. The number of ether oxygens (including phenoxy) is 2. The van der Waals surface area contributed by atoms with Crippen molar-refractivity contribution in [3.63, 3.8) is 0 Å². The van der Waals surface area contributed by atoms with Gasteiger partial charge >= 0.3 is 18.3 Å². The Hall–Kier alpha value is -3.02. The zero-order valence-corrected chi connectivity index (χ0v) is 15.4. The first kappa shape index (κ1) is 23.3. The molecule has 0 aliphatic rings. The summed E-state index contributed by atoms with van der Waals surface area (Å²) in [7, 11) is 0. The van der Waals surface area contributed by atoms with Crippen LogP contribution in [0.3, 0.4) is 0 Å². The van der Waals surface area contributed by atoms with Gasteiger partial charge in [-0.3, -0.25) is 4.79 Å². The van der Waals surface area contributed by atoms with Crippen LogP contribution >= 0.6 is 11.6 Å². The second-order valence-corrected chi connectivity index (χ2v) is 5.98. The monoisotopic (exact) mass is 456 g/mol. The zero-order valence-electron chi connectivity index (χ0n) is 14.6. The molecule has 0 atom stereocenters. The summed E-state index contributed by atoms with van der Waals surface area (Å²) < 4.78 is 84.9. The van der Waals surface area contributed by atoms with Crippen molar-refractivity contribution in [2.75, 3.05) is 18.5 Å². The van der Waals surface area contributed by atoms with Crippen molar-refractivity contribution in [3.8, 4) is 5.75 Å². The van der Waals surface area contributed by atoms with Gasteiger partial charge in [0.2, 0.25) is 0 Å². The van der Waals surface area contributed by atoms with E-state index >= 15 is 0 Å². The summed E-state index contributed by atoms with van der Waals surface area (Å²) in [5.74, 6) is -2.66. The number of esters is 1. The molecule has 13 heteroatoms. The number of hydrogen-bond acceptors (Lipinski definition) is 5. The molecule has 6 nitrogen and oxygen atoms in total. The number of carbonyl (C=O) groups is 2. The molecule has 162 valence electrons. The van der Waals surface area contributed by atoms with E-state index in [1.165, 1.54) is 6.07 Å². The van der Waals surface area contributed by atoms with E-state index in [0.29, 0.717) is 18.3 Å². The van der Waals surface area contributed by atoms with Gasteiger partial charge in [0.1, 0.15) is 5.75 Å². The van der Waals surface area contributed by atoms with Crippen LogP contribution in [-0.2, 0) is 26.7 Å². The molecule has 0 unspecified atom stereocenters. The quantitative estimate of drug-likeness (QED) is 0.517. The van der Waals surface area contributed by atoms with Gasteiger partial charge in [-0.25, -0.2) is 9.78 Å². The minimum Gasteiger partial charge on any atom is -0.482 e. The number of halogens is 7. The van der Waals surface area contributed by atoms with Crippen molar-refractivity contribution in [1.29, 1.82) is 0 Å². The number of amides is 1. The van der Waals surface area contributed by atoms with Gasteiger partial charge in [-0.1, -0.05) is 17.7 Å². The molecule has 0 aliphatic carbocycles. The summed E-state index contributed by atoms with van der Waals surface area (Å²) in [6.45, 7) is -1.64. The molecule has 2 rings (SSSR count). The fraction of sp³-hybridized carbons (Fsp3) is 0.235. The van der Waals surface area contributed by atoms with Crippen LogP contribution in [0.1, 0.15) is 11.1 Å². The van der Waals surface area contributed by atoms with Gasteiger partial charge in [0.25, 0.3) is 5.91 Å². The molecule has 2 aromatic rings. The first-order chi connectivity index (χ1) is 13.9. The summed E-state index contributed by atoms with van der Waals surface area (Å²) in [6.07, 6.45) is -8.81. The first-order valence-corrected chi connectivity index (χ1v) is 8.22. The fourth-order valence-corrected chi connectivity index (χ4v) is 2.16. The van der Waals surface area contributed by atoms with E-state index in [2.05, 4.69) is 9.72 Å². The summed E-state index contributed by atoms with van der Waals surface area (Å²) in [5.41, 5.74) is -2.10. The van der Waals surface area contributed by atoms with Crippen molar-refractivity contribution in [1.82, 2.24) is 4.98 Å². The highest BCUT2D eigenvalue weighted by atomic mass is 35.5. The van der Waals surface area contributed by atoms with Crippen molar-refractivity contribution in [2.24, 2.45) is 0 Å². The van der Waals surface area contributed by atoms with Crippen LogP contribution in [0.2, 0.25) is 5.02 Å². The van der Waals surface area contributed by atoms with Gasteiger partial charge in [-0.15, -0.1) is 0 Å². The number of nitrogens with one attached hydrogen (secondary N) is 1. The van der Waals surface area contributed by atoms with E-state index in [1.54, 1.807) is 0 Å². The average Bonchev–Trinajstić information content (AvgIpc) is 2.65. The maximum absolute atomic E-state index is 12.6. The summed E-state index contributed by atoms with van der Waals surface area (Å²) in [5, 5.41) is 1.56. The largest absolute Gasteiger partial charge is 0.482 e. The van der Waals surface area contributed by atoms with Crippen LogP contribution in [0.4, 0.5) is 32.2 Å². The van der Waals surface area contributed by atoms with Crippen LogP contribution in [0.5, 0.6) is 5.75 Å². The Bertz CT molecular complexity index is 933. The SMILES string of the molecule is O=C(COC(=O)COc1cccc(C(F)(F)F)c1)Nc1ncc(C(F)(F)F)cc1Cl. The maximum atomic E-state index is 12.6. The van der Waals surface area contributed by atoms with E-state index in [-0.39, 0.29) is 11.6 Å². The predicted octanol–water partition coefficient (Wildman–Crippen LogP) is 4.33. The zero-order chi connectivity index (χ0) is 22.5. The second kappa shape index (κ2) is 9.20. The minimum atomic E-state index is -4.67. The van der Waals surface area contributed by atoms with E-state index in [9.17, 15) is 35.9 Å². The Labute approximate surface area is 169 Å². The van der Waals surface area contributed by atoms with Gasteiger partial charge in [-0.2, -0.15) is 26.3 Å². The number of rotatable bonds is 6.